The molecule has 1 fully saturated rings. The Labute approximate surface area is 154 Å². The third kappa shape index (κ3) is 5.53. The lowest BCUT2D eigenvalue weighted by Gasteiger charge is -2.25. The highest BCUT2D eigenvalue weighted by atomic mass is 19.1. The highest BCUT2D eigenvalue weighted by molar-refractivity contribution is 5.19. The van der Waals surface area contributed by atoms with E-state index in [0.29, 0.717) is 32.3 Å². The zero-order valence-corrected chi connectivity index (χ0v) is 15.1. The van der Waals surface area contributed by atoms with Crippen LogP contribution in [-0.4, -0.2) is 46.5 Å². The fourth-order valence-corrected chi connectivity index (χ4v) is 3.18. The molecule has 0 saturated heterocycles. The quantitative estimate of drug-likeness (QED) is 0.495. The molecule has 3 rings (SSSR count). The molecular formula is C21H27FN2O2. The lowest BCUT2D eigenvalue weighted by Crippen LogP contribution is -2.36. The molecule has 1 saturated carbocycles. The van der Waals surface area contributed by atoms with E-state index in [1.807, 2.05) is 18.3 Å². The Hall–Kier alpha value is -1.95. The second kappa shape index (κ2) is 9.12. The fourth-order valence-electron chi connectivity index (χ4n) is 3.18. The molecule has 1 atom stereocenters. The van der Waals surface area contributed by atoms with Gasteiger partial charge in [0.25, 0.3) is 0 Å². The maximum Gasteiger partial charge on any atom is 0.123 e. The Morgan fingerprint density at radius 1 is 1.35 bits per heavy atom. The van der Waals surface area contributed by atoms with Gasteiger partial charge in [0.1, 0.15) is 5.82 Å². The van der Waals surface area contributed by atoms with Crippen molar-refractivity contribution in [3.63, 3.8) is 0 Å². The molecule has 1 aromatic heterocycles. The van der Waals surface area contributed by atoms with Crippen LogP contribution in [0.4, 0.5) is 4.39 Å². The molecule has 5 heteroatoms. The van der Waals surface area contributed by atoms with Crippen molar-refractivity contribution in [2.24, 2.45) is 0 Å². The summed E-state index contributed by atoms with van der Waals surface area (Å²) in [6, 6.07) is 11.4. The highest BCUT2D eigenvalue weighted by Crippen LogP contribution is 2.28. The summed E-state index contributed by atoms with van der Waals surface area (Å²) in [5.41, 5.74) is 2.11. The second-order valence-corrected chi connectivity index (χ2v) is 6.90. The predicted molar refractivity (Wildman–Crippen MR) is 100 cm³/mol. The van der Waals surface area contributed by atoms with Gasteiger partial charge in [-0.05, 0) is 42.7 Å². The van der Waals surface area contributed by atoms with Crippen LogP contribution in [0.15, 0.2) is 55.3 Å². The molecule has 1 aromatic carbocycles. The van der Waals surface area contributed by atoms with Crippen molar-refractivity contribution >= 4 is 0 Å². The van der Waals surface area contributed by atoms with Crippen molar-refractivity contribution < 1.29 is 14.2 Å². The Balaban J connectivity index is 1.61. The second-order valence-electron chi connectivity index (χ2n) is 6.90. The van der Waals surface area contributed by atoms with Crippen LogP contribution in [0.2, 0.25) is 0 Å². The van der Waals surface area contributed by atoms with E-state index in [-0.39, 0.29) is 5.82 Å². The number of rotatable bonds is 11. The summed E-state index contributed by atoms with van der Waals surface area (Å²) >= 11 is 0. The van der Waals surface area contributed by atoms with Crippen molar-refractivity contribution in [3.8, 4) is 0 Å². The molecule has 140 valence electrons. The smallest absolute Gasteiger partial charge is 0.123 e. The van der Waals surface area contributed by atoms with E-state index >= 15 is 0 Å². The van der Waals surface area contributed by atoms with Crippen LogP contribution in [0.5, 0.6) is 0 Å². The van der Waals surface area contributed by atoms with E-state index in [1.54, 1.807) is 18.2 Å². The SMILES string of the molecule is C=CCOCC(O)CN(Cc1cccn1Cc1cccc(F)c1)C1CC1. The fraction of sp³-hybridized carbons (Fsp3) is 0.429. The number of aromatic nitrogens is 1. The molecule has 0 amide bonds. The van der Waals surface area contributed by atoms with Gasteiger partial charge in [-0.2, -0.15) is 0 Å². The zero-order valence-electron chi connectivity index (χ0n) is 15.1. The topological polar surface area (TPSA) is 37.6 Å². The number of hydrogen-bond acceptors (Lipinski definition) is 3. The van der Waals surface area contributed by atoms with Gasteiger partial charge in [-0.25, -0.2) is 4.39 Å². The van der Waals surface area contributed by atoms with Crippen LogP contribution in [0.3, 0.4) is 0 Å². The number of aliphatic hydroxyl groups is 1. The lowest BCUT2D eigenvalue weighted by atomic mass is 10.2. The molecule has 1 heterocycles. The number of benzene rings is 1. The summed E-state index contributed by atoms with van der Waals surface area (Å²) in [5.74, 6) is -0.210. The number of hydrogen-bond donors (Lipinski definition) is 1. The predicted octanol–water partition coefficient (Wildman–Crippen LogP) is 3.20. The van der Waals surface area contributed by atoms with Crippen LogP contribution in [0.25, 0.3) is 0 Å². The highest BCUT2D eigenvalue weighted by Gasteiger charge is 2.30. The molecule has 0 aliphatic heterocycles. The maximum atomic E-state index is 13.4. The number of nitrogens with zero attached hydrogens (tertiary/aromatic N) is 2. The monoisotopic (exact) mass is 358 g/mol. The number of halogens is 1. The van der Waals surface area contributed by atoms with E-state index in [0.717, 1.165) is 12.1 Å². The summed E-state index contributed by atoms with van der Waals surface area (Å²) in [5, 5.41) is 10.2. The summed E-state index contributed by atoms with van der Waals surface area (Å²) < 4.78 is 20.9. The van der Waals surface area contributed by atoms with Crippen molar-refractivity contribution in [3.05, 3.63) is 72.3 Å². The molecule has 0 radical (unpaired) electrons. The van der Waals surface area contributed by atoms with Crippen LogP contribution in [-0.2, 0) is 17.8 Å². The zero-order chi connectivity index (χ0) is 18.4. The summed E-state index contributed by atoms with van der Waals surface area (Å²) in [4.78, 5) is 2.32. The first-order chi connectivity index (χ1) is 12.7. The molecule has 1 N–H and O–H groups in total. The first-order valence-electron chi connectivity index (χ1n) is 9.15. The molecule has 1 unspecified atom stereocenters. The van der Waals surface area contributed by atoms with Gasteiger partial charge in [-0.15, -0.1) is 6.58 Å². The van der Waals surface area contributed by atoms with Crippen LogP contribution < -0.4 is 0 Å². The molecule has 2 aromatic rings. The standard InChI is InChI=1S/C21H27FN2O2/c1-2-11-26-16-21(25)15-24(19-8-9-19)14-20-7-4-10-23(20)13-17-5-3-6-18(22)12-17/h2-7,10,12,19,21,25H,1,8-9,11,13-16H2. The number of aliphatic hydroxyl groups excluding tert-OH is 1. The molecule has 1 aliphatic carbocycles. The minimum atomic E-state index is -0.512. The van der Waals surface area contributed by atoms with Crippen molar-refractivity contribution in [1.29, 1.82) is 0 Å². The van der Waals surface area contributed by atoms with Crippen LogP contribution in [0.1, 0.15) is 24.1 Å². The Morgan fingerprint density at radius 2 is 2.19 bits per heavy atom. The van der Waals surface area contributed by atoms with Gasteiger partial charge in [0.15, 0.2) is 0 Å². The average Bonchev–Trinajstić information content (AvgIpc) is 3.37. The van der Waals surface area contributed by atoms with Gasteiger partial charge in [-0.1, -0.05) is 18.2 Å². The van der Waals surface area contributed by atoms with Gasteiger partial charge in [0.05, 0.1) is 19.3 Å². The van der Waals surface area contributed by atoms with E-state index in [1.165, 1.54) is 24.6 Å². The molecule has 26 heavy (non-hydrogen) atoms. The van der Waals surface area contributed by atoms with Gasteiger partial charge in [0.2, 0.25) is 0 Å². The van der Waals surface area contributed by atoms with E-state index in [2.05, 4.69) is 22.1 Å². The molecule has 0 spiro atoms. The summed E-state index contributed by atoms with van der Waals surface area (Å²) in [6.07, 6.45) is 5.54. The molecule has 1 aliphatic rings. The third-order valence-corrected chi connectivity index (χ3v) is 4.59. The third-order valence-electron chi connectivity index (χ3n) is 4.59. The van der Waals surface area contributed by atoms with Crippen LogP contribution in [0, 0.1) is 5.82 Å². The number of ether oxygens (including phenoxy) is 1. The van der Waals surface area contributed by atoms with Crippen molar-refractivity contribution in [2.75, 3.05) is 19.8 Å². The lowest BCUT2D eigenvalue weighted by molar-refractivity contribution is 0.0223. The van der Waals surface area contributed by atoms with Crippen molar-refractivity contribution in [1.82, 2.24) is 9.47 Å². The van der Waals surface area contributed by atoms with Gasteiger partial charge < -0.3 is 14.4 Å². The Morgan fingerprint density at radius 3 is 2.92 bits per heavy atom. The normalized spacial score (nSPS) is 15.3. The van der Waals surface area contributed by atoms with E-state index < -0.39 is 6.10 Å². The Bertz CT molecular complexity index is 712. The molecule has 0 bridgehead atoms. The van der Waals surface area contributed by atoms with Crippen molar-refractivity contribution in [2.45, 2.75) is 38.1 Å². The molecule has 4 nitrogen and oxygen atoms in total. The minimum absolute atomic E-state index is 0.210. The van der Waals surface area contributed by atoms with Gasteiger partial charge in [0, 0.05) is 37.6 Å². The van der Waals surface area contributed by atoms with Gasteiger partial charge >= 0.3 is 0 Å². The Kier molecular flexibility index (Phi) is 6.61. The largest absolute Gasteiger partial charge is 0.389 e. The average molecular weight is 358 g/mol. The first kappa shape index (κ1) is 18.8. The maximum absolute atomic E-state index is 13.4. The summed E-state index contributed by atoms with van der Waals surface area (Å²) in [7, 11) is 0. The molecular weight excluding hydrogens is 331 g/mol. The summed E-state index contributed by atoms with van der Waals surface area (Å²) in [6.45, 7) is 6.39. The van der Waals surface area contributed by atoms with E-state index in [9.17, 15) is 9.50 Å². The van der Waals surface area contributed by atoms with Gasteiger partial charge in [-0.3, -0.25) is 4.90 Å². The van der Waals surface area contributed by atoms with Crippen LogP contribution >= 0.6 is 0 Å². The first-order valence-corrected chi connectivity index (χ1v) is 9.15. The van der Waals surface area contributed by atoms with E-state index in [4.69, 9.17) is 4.74 Å². The minimum Gasteiger partial charge on any atom is -0.389 e.